The third kappa shape index (κ3) is 4.21. The van der Waals surface area contributed by atoms with Gasteiger partial charge in [-0.05, 0) is 29.8 Å². The fourth-order valence-corrected chi connectivity index (χ4v) is 5.88. The fraction of sp³-hybridized carbons (Fsp3) is 0.200. The molecule has 0 fully saturated rings. The van der Waals surface area contributed by atoms with E-state index in [4.69, 9.17) is 9.47 Å². The van der Waals surface area contributed by atoms with E-state index in [-0.39, 0.29) is 29.3 Å². The molecule has 1 aliphatic heterocycles. The minimum Gasteiger partial charge on any atom is -0.493 e. The van der Waals surface area contributed by atoms with Gasteiger partial charge in [-0.1, -0.05) is 48.5 Å². The van der Waals surface area contributed by atoms with Gasteiger partial charge in [-0.2, -0.15) is 0 Å². The monoisotopic (exact) mass is 465 g/mol. The first kappa shape index (κ1) is 22.5. The zero-order valence-electron chi connectivity index (χ0n) is 18.2. The standard InChI is InChI=1S/C25H23NO6S/c1-31-21-13-12-18(14-22(21)32-2)24-15-25(28)26(16-20(27)17-8-4-3-5-9-17)19-10-6-7-11-23(19)33(24,29)30/h3-14,24H,15-16H2,1-2H3. The van der Waals surface area contributed by atoms with Crippen LogP contribution in [0.3, 0.4) is 0 Å². The second kappa shape index (κ2) is 9.07. The minimum atomic E-state index is -3.95. The highest BCUT2D eigenvalue weighted by Gasteiger charge is 2.40. The molecule has 3 aromatic carbocycles. The summed E-state index contributed by atoms with van der Waals surface area (Å²) in [7, 11) is -1.01. The molecule has 1 aliphatic rings. The third-order valence-corrected chi connectivity index (χ3v) is 7.82. The Morgan fingerprint density at radius 1 is 0.939 bits per heavy atom. The van der Waals surface area contributed by atoms with Crippen LogP contribution in [0.5, 0.6) is 11.5 Å². The number of hydrogen-bond acceptors (Lipinski definition) is 6. The molecule has 0 spiro atoms. The average molecular weight is 466 g/mol. The van der Waals surface area contributed by atoms with E-state index in [1.165, 1.54) is 25.2 Å². The molecule has 0 radical (unpaired) electrons. The number of amides is 1. The first-order chi connectivity index (χ1) is 15.9. The summed E-state index contributed by atoms with van der Waals surface area (Å²) < 4.78 is 38.0. The number of anilines is 1. The zero-order valence-corrected chi connectivity index (χ0v) is 19.0. The third-order valence-electron chi connectivity index (χ3n) is 5.68. The second-order valence-corrected chi connectivity index (χ2v) is 9.69. The van der Waals surface area contributed by atoms with E-state index >= 15 is 0 Å². The number of fused-ring (bicyclic) bond motifs is 1. The molecule has 0 saturated carbocycles. The summed E-state index contributed by atoms with van der Waals surface area (Å²) in [5, 5.41) is -1.14. The number of ketones is 1. The molecule has 0 aliphatic carbocycles. The Bertz CT molecular complexity index is 1300. The van der Waals surface area contributed by atoms with Crippen LogP contribution in [0, 0.1) is 0 Å². The lowest BCUT2D eigenvalue weighted by molar-refractivity contribution is -0.118. The van der Waals surface area contributed by atoms with Crippen molar-refractivity contribution in [2.24, 2.45) is 0 Å². The van der Waals surface area contributed by atoms with Gasteiger partial charge in [0.1, 0.15) is 0 Å². The maximum absolute atomic E-state index is 13.7. The Labute approximate surface area is 192 Å². The number of methoxy groups -OCH3 is 2. The summed E-state index contributed by atoms with van der Waals surface area (Å²) in [6.45, 7) is -0.256. The van der Waals surface area contributed by atoms with Gasteiger partial charge < -0.3 is 14.4 Å². The predicted molar refractivity (Wildman–Crippen MR) is 124 cm³/mol. The number of nitrogens with zero attached hydrogens (tertiary/aromatic N) is 1. The highest BCUT2D eigenvalue weighted by Crippen LogP contribution is 2.42. The minimum absolute atomic E-state index is 0.0106. The molecule has 33 heavy (non-hydrogen) atoms. The number of para-hydroxylation sites is 1. The summed E-state index contributed by atoms with van der Waals surface area (Å²) >= 11 is 0. The highest BCUT2D eigenvalue weighted by atomic mass is 32.2. The van der Waals surface area contributed by atoms with Crippen molar-refractivity contribution < 1.29 is 27.5 Å². The topological polar surface area (TPSA) is 90.0 Å². The lowest BCUT2D eigenvalue weighted by Gasteiger charge is -2.21. The van der Waals surface area contributed by atoms with E-state index in [0.717, 1.165) is 0 Å². The first-order valence-electron chi connectivity index (χ1n) is 10.3. The molecular formula is C25H23NO6S. The van der Waals surface area contributed by atoms with E-state index in [9.17, 15) is 18.0 Å². The Balaban J connectivity index is 1.79. The Morgan fingerprint density at radius 2 is 1.61 bits per heavy atom. The van der Waals surface area contributed by atoms with Crippen LogP contribution in [0.15, 0.2) is 77.7 Å². The quantitative estimate of drug-likeness (QED) is 0.514. The number of carbonyl (C=O) groups excluding carboxylic acids is 2. The van der Waals surface area contributed by atoms with Gasteiger partial charge in [0.25, 0.3) is 0 Å². The summed E-state index contributed by atoms with van der Waals surface area (Å²) in [6, 6.07) is 19.7. The molecule has 7 nitrogen and oxygen atoms in total. The summed E-state index contributed by atoms with van der Waals surface area (Å²) in [4.78, 5) is 27.5. The molecule has 0 saturated heterocycles. The van der Waals surface area contributed by atoms with E-state index in [1.807, 2.05) is 0 Å². The molecule has 1 unspecified atom stereocenters. The summed E-state index contributed by atoms with van der Waals surface area (Å²) in [5.74, 6) is 0.0914. The van der Waals surface area contributed by atoms with Gasteiger partial charge in [0.2, 0.25) is 5.91 Å². The SMILES string of the molecule is COc1ccc(C2CC(=O)N(CC(=O)c3ccccc3)c3ccccc3S2(=O)=O)cc1OC. The number of carbonyl (C=O) groups is 2. The smallest absolute Gasteiger partial charge is 0.229 e. The van der Waals surface area contributed by atoms with Gasteiger partial charge in [-0.3, -0.25) is 9.59 Å². The number of Topliss-reactive ketones (excluding diaryl/α,β-unsaturated/α-hetero) is 1. The Morgan fingerprint density at radius 3 is 2.30 bits per heavy atom. The van der Waals surface area contributed by atoms with E-state index in [0.29, 0.717) is 22.6 Å². The molecule has 1 heterocycles. The van der Waals surface area contributed by atoms with Crippen molar-refractivity contribution in [1.29, 1.82) is 0 Å². The molecule has 1 amide bonds. The Hall–Kier alpha value is -3.65. The molecule has 4 rings (SSSR count). The van der Waals surface area contributed by atoms with Gasteiger partial charge in [0, 0.05) is 12.0 Å². The predicted octanol–water partition coefficient (Wildman–Crippen LogP) is 3.84. The van der Waals surface area contributed by atoms with Crippen LogP contribution in [0.2, 0.25) is 0 Å². The molecular weight excluding hydrogens is 442 g/mol. The molecule has 170 valence electrons. The highest BCUT2D eigenvalue weighted by molar-refractivity contribution is 7.92. The van der Waals surface area contributed by atoms with Gasteiger partial charge in [0.05, 0.1) is 36.6 Å². The number of benzene rings is 3. The van der Waals surface area contributed by atoms with Gasteiger partial charge in [-0.25, -0.2) is 8.42 Å². The van der Waals surface area contributed by atoms with Crippen LogP contribution in [-0.4, -0.2) is 40.9 Å². The molecule has 0 N–H and O–H groups in total. The van der Waals surface area contributed by atoms with E-state index in [1.54, 1.807) is 66.7 Å². The average Bonchev–Trinajstić information content (AvgIpc) is 2.92. The van der Waals surface area contributed by atoms with Crippen LogP contribution in [0.4, 0.5) is 5.69 Å². The van der Waals surface area contributed by atoms with Crippen LogP contribution in [0.1, 0.15) is 27.6 Å². The molecule has 8 heteroatoms. The van der Waals surface area contributed by atoms with Crippen molar-refractivity contribution in [3.63, 3.8) is 0 Å². The summed E-state index contributed by atoms with van der Waals surface area (Å²) in [6.07, 6.45) is -0.311. The largest absolute Gasteiger partial charge is 0.493 e. The van der Waals surface area contributed by atoms with Crippen molar-refractivity contribution in [2.75, 3.05) is 25.7 Å². The van der Waals surface area contributed by atoms with Crippen LogP contribution in [0.25, 0.3) is 0 Å². The molecule has 3 aromatic rings. The molecule has 1 atom stereocenters. The van der Waals surface area contributed by atoms with Crippen LogP contribution < -0.4 is 14.4 Å². The van der Waals surface area contributed by atoms with E-state index in [2.05, 4.69) is 0 Å². The van der Waals surface area contributed by atoms with Crippen LogP contribution in [-0.2, 0) is 14.6 Å². The molecule has 0 aromatic heterocycles. The zero-order chi connectivity index (χ0) is 23.6. The number of hydrogen-bond donors (Lipinski definition) is 0. The van der Waals surface area contributed by atoms with Crippen molar-refractivity contribution in [3.8, 4) is 11.5 Å². The van der Waals surface area contributed by atoms with Gasteiger partial charge >= 0.3 is 0 Å². The maximum Gasteiger partial charge on any atom is 0.229 e. The van der Waals surface area contributed by atoms with Crippen molar-refractivity contribution in [1.82, 2.24) is 0 Å². The van der Waals surface area contributed by atoms with Crippen LogP contribution >= 0.6 is 0 Å². The number of ether oxygens (including phenoxy) is 2. The van der Waals surface area contributed by atoms with Gasteiger partial charge in [-0.15, -0.1) is 0 Å². The lowest BCUT2D eigenvalue weighted by Crippen LogP contribution is -2.35. The first-order valence-corrected chi connectivity index (χ1v) is 11.8. The van der Waals surface area contributed by atoms with Crippen molar-refractivity contribution in [3.05, 3.63) is 83.9 Å². The second-order valence-electron chi connectivity index (χ2n) is 7.59. The number of sulfone groups is 1. The van der Waals surface area contributed by atoms with Gasteiger partial charge in [0.15, 0.2) is 27.1 Å². The lowest BCUT2D eigenvalue weighted by atomic mass is 10.1. The maximum atomic E-state index is 13.7. The van der Waals surface area contributed by atoms with Crippen molar-refractivity contribution in [2.45, 2.75) is 16.6 Å². The molecule has 0 bridgehead atoms. The fourth-order valence-electron chi connectivity index (χ4n) is 3.97. The number of rotatable bonds is 6. The Kier molecular flexibility index (Phi) is 6.20. The summed E-state index contributed by atoms with van der Waals surface area (Å²) in [5.41, 5.74) is 1.06. The normalized spacial score (nSPS) is 17.1. The van der Waals surface area contributed by atoms with Crippen molar-refractivity contribution >= 4 is 27.2 Å². The van der Waals surface area contributed by atoms with E-state index < -0.39 is 21.0 Å².